The molecule has 0 aliphatic carbocycles. The van der Waals surface area contributed by atoms with Crippen LogP contribution in [-0.4, -0.2) is 36.4 Å². The largest absolute Gasteiger partial charge is 0.349 e. The Labute approximate surface area is 155 Å². The topological polar surface area (TPSA) is 55.5 Å². The van der Waals surface area contributed by atoms with Crippen LogP contribution < -0.4 is 10.2 Å². The minimum absolute atomic E-state index is 0.0711. The first-order chi connectivity index (χ1) is 12.6. The summed E-state index contributed by atoms with van der Waals surface area (Å²) in [4.78, 5) is 25.1. The molecule has 0 aliphatic heterocycles. The lowest BCUT2D eigenvalue weighted by molar-refractivity contribution is -0.861. The number of nitrogens with one attached hydrogen (secondary N) is 2. The van der Waals surface area contributed by atoms with Gasteiger partial charge in [-0.25, -0.2) is 13.2 Å². The van der Waals surface area contributed by atoms with Crippen molar-refractivity contribution in [3.8, 4) is 0 Å². The summed E-state index contributed by atoms with van der Waals surface area (Å²) in [6.45, 7) is 6.49. The smallest absolute Gasteiger partial charge is 0.279 e. The van der Waals surface area contributed by atoms with Crippen molar-refractivity contribution < 1.29 is 27.7 Å². The van der Waals surface area contributed by atoms with Crippen molar-refractivity contribution in [1.29, 1.82) is 0 Å². The number of hydrogen-bond donors (Lipinski definition) is 2. The fourth-order valence-electron chi connectivity index (χ4n) is 3.09. The maximum absolute atomic E-state index is 13.6. The van der Waals surface area contributed by atoms with Crippen LogP contribution in [-0.2, 0) is 11.3 Å². The third-order valence-corrected chi connectivity index (χ3v) is 4.42. The molecule has 2 N–H and O–H groups in total. The number of aryl methyl sites for hydroxylation is 1. The van der Waals surface area contributed by atoms with Gasteiger partial charge in [0.1, 0.15) is 6.54 Å². The number of carbonyl (C=O) groups excluding carboxylic acids is 2. The number of nitrogens with zero attached hydrogens (tertiary/aromatic N) is 1. The molecule has 1 aromatic heterocycles. The highest BCUT2D eigenvalue weighted by atomic mass is 19.2. The molecule has 5 nitrogen and oxygen atoms in total. The Morgan fingerprint density at radius 3 is 2.37 bits per heavy atom. The van der Waals surface area contributed by atoms with Crippen LogP contribution in [0.15, 0.2) is 18.2 Å². The van der Waals surface area contributed by atoms with Crippen LogP contribution in [0.3, 0.4) is 0 Å². The number of halogens is 3. The van der Waals surface area contributed by atoms with Crippen LogP contribution in [0.4, 0.5) is 18.9 Å². The monoisotopic (exact) mass is 382 g/mol. The zero-order valence-electron chi connectivity index (χ0n) is 15.8. The van der Waals surface area contributed by atoms with Crippen LogP contribution in [0.5, 0.6) is 0 Å². The highest BCUT2D eigenvalue weighted by Gasteiger charge is 2.21. The average Bonchev–Trinajstić information content (AvgIpc) is 2.89. The number of benzene rings is 1. The zero-order valence-corrected chi connectivity index (χ0v) is 15.8. The van der Waals surface area contributed by atoms with Crippen LogP contribution in [0, 0.1) is 31.3 Å². The normalized spacial score (nSPS) is 12.1. The van der Waals surface area contributed by atoms with Gasteiger partial charge in [-0.3, -0.25) is 9.59 Å². The number of likely N-dealkylation sites (N-methyl/N-ethyl adjacent to an activating group) is 1. The number of rotatable bonds is 7. The summed E-state index contributed by atoms with van der Waals surface area (Å²) in [5, 5.41) is 2.20. The molecule has 146 valence electrons. The highest BCUT2D eigenvalue weighted by Crippen LogP contribution is 2.19. The first-order valence-corrected chi connectivity index (χ1v) is 8.60. The number of quaternary nitrogens is 1. The van der Waals surface area contributed by atoms with E-state index < -0.39 is 29.0 Å². The average molecular weight is 382 g/mol. The molecule has 1 aromatic carbocycles. The molecule has 1 atom stereocenters. The highest BCUT2D eigenvalue weighted by molar-refractivity contribution is 5.98. The van der Waals surface area contributed by atoms with Gasteiger partial charge in [0.25, 0.3) is 5.91 Å². The van der Waals surface area contributed by atoms with Crippen molar-refractivity contribution in [3.63, 3.8) is 0 Å². The lowest BCUT2D eigenvalue weighted by Crippen LogP contribution is -3.11. The van der Waals surface area contributed by atoms with Crippen molar-refractivity contribution in [2.75, 3.05) is 25.5 Å². The van der Waals surface area contributed by atoms with E-state index in [4.69, 9.17) is 0 Å². The Balaban J connectivity index is 1.99. The molecule has 0 spiro atoms. The van der Waals surface area contributed by atoms with E-state index >= 15 is 0 Å². The van der Waals surface area contributed by atoms with Gasteiger partial charge in [0, 0.05) is 23.5 Å². The predicted molar refractivity (Wildman–Crippen MR) is 95.5 cm³/mol. The molecule has 1 unspecified atom stereocenters. The quantitative estimate of drug-likeness (QED) is 0.568. The molecule has 0 radical (unpaired) electrons. The second kappa shape index (κ2) is 8.39. The first-order valence-electron chi connectivity index (χ1n) is 8.60. The lowest BCUT2D eigenvalue weighted by Gasteiger charge is -2.14. The van der Waals surface area contributed by atoms with E-state index in [0.717, 1.165) is 30.1 Å². The molecule has 8 heteroatoms. The lowest BCUT2D eigenvalue weighted by atomic mass is 10.1. The molecule has 0 bridgehead atoms. The molecule has 1 amide bonds. The van der Waals surface area contributed by atoms with E-state index in [0.29, 0.717) is 10.5 Å². The Morgan fingerprint density at radius 1 is 1.11 bits per heavy atom. The van der Waals surface area contributed by atoms with E-state index in [-0.39, 0.29) is 18.9 Å². The van der Waals surface area contributed by atoms with E-state index in [1.807, 2.05) is 31.4 Å². The second-order valence-corrected chi connectivity index (χ2v) is 6.53. The number of amides is 1. The van der Waals surface area contributed by atoms with Crippen LogP contribution in [0.2, 0.25) is 0 Å². The first kappa shape index (κ1) is 20.7. The minimum atomic E-state index is -1.64. The summed E-state index contributed by atoms with van der Waals surface area (Å²) in [5.41, 5.74) is 2.04. The second-order valence-electron chi connectivity index (χ2n) is 6.53. The zero-order chi connectivity index (χ0) is 20.3. The summed E-state index contributed by atoms with van der Waals surface area (Å²) in [6.07, 6.45) is 0. The number of carbonyl (C=O) groups is 2. The van der Waals surface area contributed by atoms with Crippen LogP contribution >= 0.6 is 0 Å². The van der Waals surface area contributed by atoms with Crippen LogP contribution in [0.1, 0.15) is 28.7 Å². The summed E-state index contributed by atoms with van der Waals surface area (Å²) in [5.74, 6) is -5.14. The number of ketones is 1. The van der Waals surface area contributed by atoms with E-state index in [2.05, 4.69) is 5.32 Å². The Morgan fingerprint density at radius 2 is 1.78 bits per heavy atom. The molecule has 0 fully saturated rings. The van der Waals surface area contributed by atoms with Crippen molar-refractivity contribution in [3.05, 3.63) is 52.6 Å². The van der Waals surface area contributed by atoms with E-state index in [1.54, 1.807) is 7.05 Å². The number of hydrogen-bond acceptors (Lipinski definition) is 2. The van der Waals surface area contributed by atoms with Crippen molar-refractivity contribution in [1.82, 2.24) is 4.57 Å². The Kier molecular flexibility index (Phi) is 6.43. The third kappa shape index (κ3) is 4.57. The minimum Gasteiger partial charge on any atom is -0.349 e. The van der Waals surface area contributed by atoms with Gasteiger partial charge in [-0.2, -0.15) is 0 Å². The summed E-state index contributed by atoms with van der Waals surface area (Å²) in [7, 11) is 1.65. The van der Waals surface area contributed by atoms with Gasteiger partial charge in [0.15, 0.2) is 24.0 Å². The summed E-state index contributed by atoms with van der Waals surface area (Å²) >= 11 is 0. The van der Waals surface area contributed by atoms with E-state index in [9.17, 15) is 22.8 Å². The molecule has 0 saturated carbocycles. The molecular weight excluding hydrogens is 359 g/mol. The van der Waals surface area contributed by atoms with Gasteiger partial charge in [0.05, 0.1) is 12.7 Å². The van der Waals surface area contributed by atoms with Gasteiger partial charge in [-0.1, -0.05) is 0 Å². The van der Waals surface area contributed by atoms with Gasteiger partial charge in [-0.05, 0) is 39.0 Å². The SMILES string of the molecule is CCn1c(C)cc(C(=O)C[NH+](C)CC(=O)Nc2ccc(F)c(F)c2F)c1C. The van der Waals surface area contributed by atoms with Crippen molar-refractivity contribution in [2.45, 2.75) is 27.3 Å². The number of Topliss-reactive ketones (excluding diaryl/α,β-unsaturated/α-hetero) is 1. The van der Waals surface area contributed by atoms with Crippen LogP contribution in [0.25, 0.3) is 0 Å². The summed E-state index contributed by atoms with van der Waals surface area (Å²) < 4.78 is 41.8. The van der Waals surface area contributed by atoms with Gasteiger partial charge in [0.2, 0.25) is 5.78 Å². The molecule has 27 heavy (non-hydrogen) atoms. The number of aromatic nitrogens is 1. The fraction of sp³-hybridized carbons (Fsp3) is 0.368. The van der Waals surface area contributed by atoms with Gasteiger partial charge < -0.3 is 14.8 Å². The summed E-state index contributed by atoms with van der Waals surface area (Å²) in [6, 6.07) is 3.51. The molecule has 1 heterocycles. The Bertz CT molecular complexity index is 878. The molecule has 2 aromatic rings. The molecule has 0 saturated heterocycles. The van der Waals surface area contributed by atoms with Crippen molar-refractivity contribution >= 4 is 17.4 Å². The Hall–Kier alpha value is -2.61. The predicted octanol–water partition coefficient (Wildman–Crippen LogP) is 1.88. The molecular formula is C19H23F3N3O2+. The number of anilines is 1. The standard InChI is InChI=1S/C19H22F3N3O2/c1-5-25-11(2)8-13(12(25)3)16(26)9-24(4)10-17(27)23-15-7-6-14(20)18(21)19(15)22/h6-8H,5,9-10H2,1-4H3,(H,23,27)/p+1. The maximum atomic E-state index is 13.6. The maximum Gasteiger partial charge on any atom is 0.279 e. The molecule has 0 aliphatic rings. The third-order valence-electron chi connectivity index (χ3n) is 4.42. The molecule has 2 rings (SSSR count). The van der Waals surface area contributed by atoms with Gasteiger partial charge >= 0.3 is 0 Å². The van der Waals surface area contributed by atoms with Crippen molar-refractivity contribution in [2.24, 2.45) is 0 Å². The van der Waals surface area contributed by atoms with Gasteiger partial charge in [-0.15, -0.1) is 0 Å². The fourth-order valence-corrected chi connectivity index (χ4v) is 3.09. The van der Waals surface area contributed by atoms with E-state index in [1.165, 1.54) is 0 Å².